The van der Waals surface area contributed by atoms with Crippen molar-refractivity contribution in [2.75, 3.05) is 0 Å². The van der Waals surface area contributed by atoms with Crippen LogP contribution in [0, 0.1) is 34.5 Å². The molecule has 4 saturated carbocycles. The highest BCUT2D eigenvalue weighted by molar-refractivity contribution is 5.72. The highest BCUT2D eigenvalue weighted by Gasteiger charge is 2.57. The van der Waals surface area contributed by atoms with Crippen molar-refractivity contribution in [1.82, 2.24) is 0 Å². The number of hydrogen-bond acceptors (Lipinski definition) is 5. The number of esters is 2. The van der Waals surface area contributed by atoms with Crippen LogP contribution in [0.4, 0.5) is 0 Å². The molecule has 0 bridgehead atoms. The van der Waals surface area contributed by atoms with Crippen LogP contribution in [0.5, 0.6) is 11.5 Å². The molecule has 288 valence electrons. The first-order valence-electron chi connectivity index (χ1n) is 21.8. The molecule has 5 nitrogen and oxygen atoms in total. The fourth-order valence-corrected chi connectivity index (χ4v) is 13.0. The van der Waals surface area contributed by atoms with Gasteiger partial charge < -0.3 is 14.2 Å². The van der Waals surface area contributed by atoms with Crippen molar-refractivity contribution >= 4 is 24.1 Å². The summed E-state index contributed by atoms with van der Waals surface area (Å²) >= 11 is 0. The van der Waals surface area contributed by atoms with E-state index in [2.05, 4.69) is 90.1 Å². The predicted molar refractivity (Wildman–Crippen MR) is 215 cm³/mol. The number of fused-ring (bicyclic) bond motifs is 12. The number of unbranched alkanes of at least 4 members (excludes halogenated alkanes) is 2. The van der Waals surface area contributed by atoms with E-state index in [9.17, 15) is 9.59 Å². The summed E-state index contributed by atoms with van der Waals surface area (Å²) in [5.74, 6) is 4.92. The third-order valence-corrected chi connectivity index (χ3v) is 16.2. The van der Waals surface area contributed by atoms with Crippen molar-refractivity contribution in [3.63, 3.8) is 0 Å². The molecule has 0 saturated heterocycles. The summed E-state index contributed by atoms with van der Waals surface area (Å²) < 4.78 is 19.3. The van der Waals surface area contributed by atoms with Crippen LogP contribution >= 0.6 is 0 Å². The highest BCUT2D eigenvalue weighted by Crippen LogP contribution is 2.64. The molecule has 0 spiro atoms. The number of carbonyl (C=O) groups excluding carboxylic acids is 2. The first-order valence-corrected chi connectivity index (χ1v) is 21.8. The smallest absolute Gasteiger partial charge is 0.306 e. The Morgan fingerprint density at radius 3 is 1.52 bits per heavy atom. The quantitative estimate of drug-likeness (QED) is 0.253. The number of ether oxygens (including phenoxy) is 3. The molecule has 10 atom stereocenters. The van der Waals surface area contributed by atoms with Crippen LogP contribution in [-0.2, 0) is 24.5 Å². The third-order valence-electron chi connectivity index (χ3n) is 16.2. The van der Waals surface area contributed by atoms with Gasteiger partial charge in [-0.25, -0.2) is 0 Å². The zero-order valence-electron chi connectivity index (χ0n) is 33.7. The van der Waals surface area contributed by atoms with Gasteiger partial charge in [0.2, 0.25) is 0 Å². The molecule has 0 radical (unpaired) electrons. The minimum Gasteiger partial charge on any atom is -0.462 e. The van der Waals surface area contributed by atoms with E-state index >= 15 is 0 Å². The van der Waals surface area contributed by atoms with E-state index < -0.39 is 0 Å². The average Bonchev–Trinajstić information content (AvgIpc) is 3.67. The summed E-state index contributed by atoms with van der Waals surface area (Å²) in [5.41, 5.74) is 8.03. The molecule has 5 heteroatoms. The van der Waals surface area contributed by atoms with E-state index in [-0.39, 0.29) is 40.4 Å². The van der Waals surface area contributed by atoms with Crippen molar-refractivity contribution in [3.05, 3.63) is 69.8 Å². The number of hydrogen-bond donors (Lipinski definition) is 0. The molecule has 4 fully saturated rings. The van der Waals surface area contributed by atoms with E-state index in [0.717, 1.165) is 88.5 Å². The van der Waals surface area contributed by atoms with Gasteiger partial charge in [0.25, 0.3) is 0 Å². The largest absolute Gasteiger partial charge is 0.462 e. The summed E-state index contributed by atoms with van der Waals surface area (Å²) in [7, 11) is 0. The molecular formula is C49H62O5. The van der Waals surface area contributed by atoms with E-state index in [1.165, 1.54) is 33.4 Å². The van der Waals surface area contributed by atoms with Crippen molar-refractivity contribution in [2.45, 2.75) is 161 Å². The zero-order valence-corrected chi connectivity index (χ0v) is 33.7. The molecule has 0 amide bonds. The van der Waals surface area contributed by atoms with Crippen molar-refractivity contribution in [1.29, 1.82) is 0 Å². The molecule has 2 aromatic rings. The minimum atomic E-state index is -0.205. The molecule has 0 unspecified atom stereocenters. The molecular weight excluding hydrogens is 669 g/mol. The van der Waals surface area contributed by atoms with E-state index in [4.69, 9.17) is 14.2 Å². The predicted octanol–water partition coefficient (Wildman–Crippen LogP) is 12.2. The van der Waals surface area contributed by atoms with Crippen LogP contribution in [0.15, 0.2) is 36.4 Å². The summed E-state index contributed by atoms with van der Waals surface area (Å²) in [5, 5.41) is 0. The van der Waals surface area contributed by atoms with Gasteiger partial charge in [-0.2, -0.15) is 0 Å². The fourth-order valence-electron chi connectivity index (χ4n) is 13.0. The maximum atomic E-state index is 12.7. The normalized spacial score (nSPS) is 35.9. The number of allylic oxidation sites excluding steroid dienone is 2. The van der Waals surface area contributed by atoms with Gasteiger partial charge in [0.15, 0.2) is 0 Å². The second-order valence-corrected chi connectivity index (χ2v) is 19.4. The van der Waals surface area contributed by atoms with Crippen LogP contribution in [0.2, 0.25) is 0 Å². The van der Waals surface area contributed by atoms with E-state index in [0.29, 0.717) is 48.3 Å². The SMILES string of the molecule is CCCCC(=O)O[C@H]1CC[C@H]2[C@@H]3C=Cc4cc5c(cc4[C@H]3CC[C@]12C)C(C)(C)c1cc2c(cc1O5)C=C[C@@H]1[C@@H]2CC[C@]2(C)[C@@H](OC(=O)CCCC)CC[C@@H]12. The Morgan fingerprint density at radius 1 is 0.648 bits per heavy atom. The molecule has 2 aromatic carbocycles. The van der Waals surface area contributed by atoms with Crippen LogP contribution in [0.1, 0.15) is 177 Å². The number of rotatable bonds is 8. The molecule has 0 aromatic heterocycles. The standard InChI is InChI=1S/C49H62O5/c1-7-9-11-45(50)53-43-19-17-37-33-15-13-29-25-41-39(27-35(29)31(33)21-23-48(37,43)5)47(3,4)40-28-36-30(26-42(40)52-41)14-16-34-32(36)22-24-49(6)38(34)18-20-44(49)54-46(51)12-10-8-2/h13-16,25-28,31-34,37-38,43-44H,7-12,17-24H2,1-6H3/t31-,32-,33+,34+,37-,38-,43-,44-,48-,49-/m0/s1. The van der Waals surface area contributed by atoms with Crippen molar-refractivity contribution in [2.24, 2.45) is 34.5 Å². The zero-order chi connectivity index (χ0) is 37.6. The Labute approximate surface area is 323 Å². The lowest BCUT2D eigenvalue weighted by Crippen LogP contribution is -2.44. The van der Waals surface area contributed by atoms with Gasteiger partial charge in [-0.15, -0.1) is 0 Å². The molecule has 0 N–H and O–H groups in total. The Balaban J connectivity index is 0.970. The lowest BCUT2D eigenvalue weighted by Gasteiger charge is -2.49. The van der Waals surface area contributed by atoms with Crippen LogP contribution in [0.3, 0.4) is 0 Å². The van der Waals surface area contributed by atoms with Gasteiger partial charge in [0, 0.05) is 40.2 Å². The summed E-state index contributed by atoms with van der Waals surface area (Å²) in [4.78, 5) is 25.4. The van der Waals surface area contributed by atoms with Gasteiger partial charge >= 0.3 is 11.9 Å². The van der Waals surface area contributed by atoms with Gasteiger partial charge in [-0.3, -0.25) is 9.59 Å². The van der Waals surface area contributed by atoms with Crippen LogP contribution in [0.25, 0.3) is 12.2 Å². The van der Waals surface area contributed by atoms with Crippen LogP contribution in [-0.4, -0.2) is 24.1 Å². The fraction of sp³-hybridized carbons (Fsp3) is 0.633. The number of carbonyl (C=O) groups is 2. The molecule has 7 aliphatic rings. The maximum absolute atomic E-state index is 12.7. The average molecular weight is 731 g/mol. The lowest BCUT2D eigenvalue weighted by atomic mass is 9.56. The minimum absolute atomic E-state index is 0.00748. The van der Waals surface area contributed by atoms with Gasteiger partial charge in [-0.1, -0.05) is 90.8 Å². The second kappa shape index (κ2) is 13.4. The Kier molecular flexibility index (Phi) is 9.01. The van der Waals surface area contributed by atoms with Gasteiger partial charge in [-0.05, 0) is 134 Å². The molecule has 9 rings (SSSR count). The maximum Gasteiger partial charge on any atom is 0.306 e. The molecule has 1 aliphatic heterocycles. The second-order valence-electron chi connectivity index (χ2n) is 19.4. The third kappa shape index (κ3) is 5.59. The first-order chi connectivity index (χ1) is 26.0. The summed E-state index contributed by atoms with van der Waals surface area (Å²) in [6.07, 6.45) is 23.4. The van der Waals surface area contributed by atoms with Gasteiger partial charge in [0.1, 0.15) is 23.7 Å². The Morgan fingerprint density at radius 2 is 1.09 bits per heavy atom. The first kappa shape index (κ1) is 36.3. The summed E-state index contributed by atoms with van der Waals surface area (Å²) in [6, 6.07) is 9.68. The van der Waals surface area contributed by atoms with Crippen molar-refractivity contribution < 1.29 is 23.8 Å². The molecule has 1 heterocycles. The van der Waals surface area contributed by atoms with E-state index in [1.807, 2.05) is 0 Å². The monoisotopic (exact) mass is 730 g/mol. The van der Waals surface area contributed by atoms with Crippen molar-refractivity contribution in [3.8, 4) is 11.5 Å². The highest BCUT2D eigenvalue weighted by atomic mass is 16.5. The Bertz CT molecular complexity index is 1770. The van der Waals surface area contributed by atoms with Gasteiger partial charge in [0.05, 0.1) is 0 Å². The molecule has 54 heavy (non-hydrogen) atoms. The summed E-state index contributed by atoms with van der Waals surface area (Å²) in [6.45, 7) is 13.9. The topological polar surface area (TPSA) is 61.8 Å². The van der Waals surface area contributed by atoms with E-state index in [1.54, 1.807) is 0 Å². The lowest BCUT2D eigenvalue weighted by molar-refractivity contribution is -0.158. The van der Waals surface area contributed by atoms with Crippen LogP contribution < -0.4 is 4.74 Å². The Hall–Kier alpha value is -3.34. The molecule has 6 aliphatic carbocycles. The number of benzene rings is 2.